The van der Waals surface area contributed by atoms with E-state index in [-0.39, 0.29) is 11.7 Å². The predicted molar refractivity (Wildman–Crippen MR) is 97.8 cm³/mol. The molecule has 6 heteroatoms. The van der Waals surface area contributed by atoms with Gasteiger partial charge in [0, 0.05) is 25.1 Å². The molecule has 3 heterocycles. The molecule has 6 nitrogen and oxygen atoms in total. The summed E-state index contributed by atoms with van der Waals surface area (Å²) in [5, 5.41) is 2.80. The van der Waals surface area contributed by atoms with Crippen molar-refractivity contribution in [2.45, 2.75) is 45.3 Å². The number of hydrogen-bond donors (Lipinski definition) is 1. The molecule has 1 aromatic heterocycles. The molecule has 26 heavy (non-hydrogen) atoms. The number of amides is 1. The average Bonchev–Trinajstić information content (AvgIpc) is 3.09. The van der Waals surface area contributed by atoms with Crippen LogP contribution in [0.5, 0.6) is 0 Å². The number of hydrogen-bond acceptors (Lipinski definition) is 5. The smallest absolute Gasteiger partial charge is 0.407 e. The van der Waals surface area contributed by atoms with E-state index < -0.39 is 0 Å². The Bertz CT molecular complexity index is 816. The van der Waals surface area contributed by atoms with E-state index in [0.29, 0.717) is 12.4 Å². The van der Waals surface area contributed by atoms with E-state index in [0.717, 1.165) is 55.9 Å². The summed E-state index contributed by atoms with van der Waals surface area (Å²) in [6, 6.07) is 8.21. The van der Waals surface area contributed by atoms with Gasteiger partial charge in [-0.2, -0.15) is 0 Å². The second-order valence-electron chi connectivity index (χ2n) is 7.45. The van der Waals surface area contributed by atoms with Crippen LogP contribution in [0.4, 0.5) is 4.79 Å². The average molecular weight is 355 g/mol. The number of carbonyl (C=O) groups excluding carboxylic acids is 1. The highest BCUT2D eigenvalue weighted by Gasteiger charge is 2.41. The molecule has 2 aromatic rings. The fourth-order valence-electron chi connectivity index (χ4n) is 3.85. The second-order valence-corrected chi connectivity index (χ2v) is 7.45. The predicted octanol–water partition coefficient (Wildman–Crippen LogP) is 3.42. The van der Waals surface area contributed by atoms with E-state index in [4.69, 9.17) is 14.1 Å². The zero-order valence-electron chi connectivity index (χ0n) is 15.4. The summed E-state index contributed by atoms with van der Waals surface area (Å²) in [6.45, 7) is 7.30. The van der Waals surface area contributed by atoms with E-state index in [1.54, 1.807) is 0 Å². The van der Waals surface area contributed by atoms with Crippen LogP contribution in [0.2, 0.25) is 0 Å². The summed E-state index contributed by atoms with van der Waals surface area (Å²) >= 11 is 0. The summed E-state index contributed by atoms with van der Waals surface area (Å²) in [5.41, 5.74) is 2.87. The Hall–Kier alpha value is -2.34. The van der Waals surface area contributed by atoms with Crippen molar-refractivity contribution < 1.29 is 13.9 Å². The fourth-order valence-corrected chi connectivity index (χ4v) is 3.85. The van der Waals surface area contributed by atoms with E-state index in [1.807, 2.05) is 19.1 Å². The highest BCUT2D eigenvalue weighted by Crippen LogP contribution is 2.30. The number of ether oxygens (including phenoxy) is 1. The topological polar surface area (TPSA) is 67.6 Å². The van der Waals surface area contributed by atoms with E-state index in [9.17, 15) is 4.79 Å². The Morgan fingerprint density at radius 1 is 1.27 bits per heavy atom. The minimum absolute atomic E-state index is 0.284. The van der Waals surface area contributed by atoms with Crippen molar-refractivity contribution in [1.82, 2.24) is 15.2 Å². The number of aryl methyl sites for hydroxylation is 2. The third-order valence-corrected chi connectivity index (χ3v) is 5.39. The van der Waals surface area contributed by atoms with Crippen molar-refractivity contribution in [3.63, 3.8) is 0 Å². The Morgan fingerprint density at radius 2 is 2.15 bits per heavy atom. The van der Waals surface area contributed by atoms with Crippen LogP contribution in [0.3, 0.4) is 0 Å². The first-order chi connectivity index (χ1) is 12.5. The van der Waals surface area contributed by atoms with Crippen molar-refractivity contribution in [2.24, 2.45) is 0 Å². The molecule has 138 valence electrons. The van der Waals surface area contributed by atoms with Crippen LogP contribution in [-0.4, -0.2) is 41.2 Å². The molecule has 2 fully saturated rings. The maximum atomic E-state index is 11.4. The molecule has 1 spiro atoms. The number of oxazole rings is 1. The van der Waals surface area contributed by atoms with Crippen LogP contribution >= 0.6 is 0 Å². The molecule has 0 radical (unpaired) electrons. The molecule has 0 aliphatic carbocycles. The Labute approximate surface area is 153 Å². The fraction of sp³-hybridized carbons (Fsp3) is 0.500. The van der Waals surface area contributed by atoms with E-state index >= 15 is 0 Å². The minimum atomic E-state index is -0.322. The monoisotopic (exact) mass is 355 g/mol. The molecular weight excluding hydrogens is 330 g/mol. The van der Waals surface area contributed by atoms with Crippen LogP contribution in [0, 0.1) is 13.8 Å². The van der Waals surface area contributed by atoms with Crippen molar-refractivity contribution in [2.75, 3.05) is 19.6 Å². The zero-order chi connectivity index (χ0) is 18.1. The number of likely N-dealkylation sites (tertiary alicyclic amines) is 1. The second kappa shape index (κ2) is 6.76. The zero-order valence-corrected chi connectivity index (χ0v) is 15.4. The molecule has 1 atom stereocenters. The minimum Gasteiger partial charge on any atom is -0.441 e. The van der Waals surface area contributed by atoms with Crippen molar-refractivity contribution in [3.05, 3.63) is 41.3 Å². The van der Waals surface area contributed by atoms with Gasteiger partial charge in [-0.05, 0) is 45.4 Å². The molecular formula is C20H25N3O3. The molecule has 0 bridgehead atoms. The van der Waals surface area contributed by atoms with Crippen LogP contribution in [0.1, 0.15) is 36.3 Å². The molecule has 2 aliphatic rings. The van der Waals surface area contributed by atoms with Gasteiger partial charge in [-0.15, -0.1) is 0 Å². The van der Waals surface area contributed by atoms with Gasteiger partial charge in [0.15, 0.2) is 0 Å². The number of aromatic nitrogens is 1. The lowest BCUT2D eigenvalue weighted by Crippen LogP contribution is -2.34. The molecule has 1 N–H and O–H groups in total. The Kier molecular flexibility index (Phi) is 4.44. The van der Waals surface area contributed by atoms with Crippen molar-refractivity contribution in [3.8, 4) is 11.5 Å². The number of carbonyl (C=O) groups is 1. The van der Waals surface area contributed by atoms with Gasteiger partial charge in [-0.25, -0.2) is 9.78 Å². The van der Waals surface area contributed by atoms with Crippen LogP contribution < -0.4 is 5.32 Å². The summed E-state index contributed by atoms with van der Waals surface area (Å²) in [7, 11) is 0. The first-order valence-electron chi connectivity index (χ1n) is 9.26. The van der Waals surface area contributed by atoms with Gasteiger partial charge in [0.25, 0.3) is 0 Å². The van der Waals surface area contributed by atoms with Gasteiger partial charge in [-0.1, -0.05) is 17.7 Å². The lowest BCUT2D eigenvalue weighted by molar-refractivity contribution is 0.0442. The molecule has 4 rings (SSSR count). The maximum absolute atomic E-state index is 11.4. The molecule has 0 saturated carbocycles. The van der Waals surface area contributed by atoms with Gasteiger partial charge in [0.05, 0.1) is 12.2 Å². The highest BCUT2D eigenvalue weighted by molar-refractivity contribution is 5.70. The molecule has 2 saturated heterocycles. The summed E-state index contributed by atoms with van der Waals surface area (Å²) in [6.07, 6.45) is 2.49. The van der Waals surface area contributed by atoms with Crippen molar-refractivity contribution >= 4 is 6.09 Å². The number of benzene rings is 1. The SMILES string of the molecule is Cc1cccc(-c2nc(CN3CCCC4(CC3)CNC(=O)O4)c(C)o2)c1. The van der Waals surface area contributed by atoms with Gasteiger partial charge >= 0.3 is 6.09 Å². The molecule has 1 aromatic carbocycles. The standard InChI is InChI=1S/C20H25N3O3/c1-14-5-3-6-16(11-14)18-22-17(15(2)25-18)12-23-9-4-7-20(8-10-23)13-21-19(24)26-20/h3,5-6,11H,4,7-10,12-13H2,1-2H3,(H,21,24). The van der Waals surface area contributed by atoms with Crippen LogP contribution in [0.25, 0.3) is 11.5 Å². The summed E-state index contributed by atoms with van der Waals surface area (Å²) in [5.74, 6) is 1.55. The number of alkyl carbamates (subject to hydrolysis) is 1. The van der Waals surface area contributed by atoms with E-state index in [2.05, 4.69) is 29.3 Å². The van der Waals surface area contributed by atoms with E-state index in [1.165, 1.54) is 5.56 Å². The first kappa shape index (κ1) is 17.1. The Morgan fingerprint density at radius 3 is 2.92 bits per heavy atom. The first-order valence-corrected chi connectivity index (χ1v) is 9.26. The number of nitrogens with zero attached hydrogens (tertiary/aromatic N) is 2. The number of rotatable bonds is 3. The molecule has 1 unspecified atom stereocenters. The van der Waals surface area contributed by atoms with Crippen LogP contribution in [0.15, 0.2) is 28.7 Å². The quantitative estimate of drug-likeness (QED) is 0.914. The van der Waals surface area contributed by atoms with Gasteiger partial charge in [0.2, 0.25) is 5.89 Å². The normalized spacial score (nSPS) is 23.7. The third-order valence-electron chi connectivity index (χ3n) is 5.39. The van der Waals surface area contributed by atoms with Crippen molar-refractivity contribution in [1.29, 1.82) is 0 Å². The van der Waals surface area contributed by atoms with Gasteiger partial charge in [-0.3, -0.25) is 4.90 Å². The van der Waals surface area contributed by atoms with Crippen LogP contribution in [-0.2, 0) is 11.3 Å². The molecule has 1 amide bonds. The molecule has 2 aliphatic heterocycles. The third kappa shape index (κ3) is 3.46. The lowest BCUT2D eigenvalue weighted by atomic mass is 9.95. The maximum Gasteiger partial charge on any atom is 0.407 e. The largest absolute Gasteiger partial charge is 0.441 e. The lowest BCUT2D eigenvalue weighted by Gasteiger charge is -2.24. The van der Waals surface area contributed by atoms with Gasteiger partial charge < -0.3 is 14.5 Å². The number of nitrogens with one attached hydrogen (secondary N) is 1. The Balaban J connectivity index is 1.45. The van der Waals surface area contributed by atoms with Gasteiger partial charge in [0.1, 0.15) is 11.4 Å². The highest BCUT2D eigenvalue weighted by atomic mass is 16.6. The summed E-state index contributed by atoms with van der Waals surface area (Å²) in [4.78, 5) is 18.6. The summed E-state index contributed by atoms with van der Waals surface area (Å²) < 4.78 is 11.5.